The highest BCUT2D eigenvalue weighted by Crippen LogP contribution is 2.18. The molecule has 1 fully saturated rings. The summed E-state index contributed by atoms with van der Waals surface area (Å²) in [6.45, 7) is 2.32. The lowest BCUT2D eigenvalue weighted by Gasteiger charge is -2.03. The van der Waals surface area contributed by atoms with Gasteiger partial charge in [-0.2, -0.15) is 0 Å². The van der Waals surface area contributed by atoms with Crippen LogP contribution in [0.5, 0.6) is 0 Å². The van der Waals surface area contributed by atoms with Gasteiger partial charge in [-0.05, 0) is 37.9 Å². The quantitative estimate of drug-likeness (QED) is 0.654. The number of hydrogen-bond donors (Lipinski definition) is 1. The Morgan fingerprint density at radius 3 is 2.67 bits per heavy atom. The van der Waals surface area contributed by atoms with Crippen molar-refractivity contribution in [2.45, 2.75) is 31.8 Å². The van der Waals surface area contributed by atoms with Gasteiger partial charge in [0.25, 0.3) is 0 Å². The third kappa shape index (κ3) is 2.38. The van der Waals surface area contributed by atoms with Crippen LogP contribution in [0, 0.1) is 0 Å². The summed E-state index contributed by atoms with van der Waals surface area (Å²) in [6.07, 6.45) is 8.27. The Balaban J connectivity index is 1.56. The molecule has 1 aromatic heterocycles. The summed E-state index contributed by atoms with van der Waals surface area (Å²) in [5.41, 5.74) is 0. The van der Waals surface area contributed by atoms with E-state index in [1.807, 2.05) is 0 Å². The molecule has 2 nitrogen and oxygen atoms in total. The van der Waals surface area contributed by atoms with Crippen LogP contribution in [-0.2, 0) is 6.54 Å². The molecular weight excluding hydrogens is 148 g/mol. The van der Waals surface area contributed by atoms with Crippen LogP contribution in [0.4, 0.5) is 0 Å². The largest absolute Gasteiger partial charge is 0.354 e. The summed E-state index contributed by atoms with van der Waals surface area (Å²) in [5.74, 6) is 0. The monoisotopic (exact) mass is 164 g/mol. The summed E-state index contributed by atoms with van der Waals surface area (Å²) in [7, 11) is 0. The first-order valence-corrected chi connectivity index (χ1v) is 4.79. The van der Waals surface area contributed by atoms with Crippen LogP contribution in [0.2, 0.25) is 0 Å². The van der Waals surface area contributed by atoms with E-state index >= 15 is 0 Å². The molecule has 2 heteroatoms. The molecule has 1 aliphatic carbocycles. The molecule has 2 rings (SSSR count). The smallest absolute Gasteiger partial charge is 0.0231 e. The van der Waals surface area contributed by atoms with Crippen molar-refractivity contribution in [3.05, 3.63) is 24.5 Å². The minimum atomic E-state index is 0.856. The number of nitrogens with zero attached hydrogens (tertiary/aromatic N) is 1. The topological polar surface area (TPSA) is 17.0 Å². The number of aromatic nitrogens is 1. The molecule has 1 N–H and O–H groups in total. The number of hydrogen-bond acceptors (Lipinski definition) is 1. The van der Waals surface area contributed by atoms with E-state index in [-0.39, 0.29) is 0 Å². The van der Waals surface area contributed by atoms with Gasteiger partial charge in [0, 0.05) is 25.0 Å². The Morgan fingerprint density at radius 1 is 1.25 bits per heavy atom. The van der Waals surface area contributed by atoms with Gasteiger partial charge in [0.05, 0.1) is 0 Å². The molecule has 0 radical (unpaired) electrons. The predicted octanol–water partition coefficient (Wildman–Crippen LogP) is 1.63. The standard InChI is InChI=1S/C10H16N2/c1-2-8-12(7-1)9-3-6-11-10-4-5-10/h1-2,7-8,10-11H,3-6,9H2. The lowest BCUT2D eigenvalue weighted by Crippen LogP contribution is -2.18. The van der Waals surface area contributed by atoms with E-state index in [4.69, 9.17) is 0 Å². The average molecular weight is 164 g/mol. The maximum Gasteiger partial charge on any atom is 0.0231 e. The van der Waals surface area contributed by atoms with Gasteiger partial charge >= 0.3 is 0 Å². The van der Waals surface area contributed by atoms with E-state index in [0.717, 1.165) is 12.6 Å². The second-order valence-electron chi connectivity index (χ2n) is 3.50. The molecule has 0 atom stereocenters. The van der Waals surface area contributed by atoms with E-state index in [1.165, 1.54) is 25.8 Å². The Hall–Kier alpha value is -0.760. The fourth-order valence-corrected chi connectivity index (χ4v) is 1.37. The Labute approximate surface area is 73.6 Å². The second kappa shape index (κ2) is 3.76. The minimum absolute atomic E-state index is 0.856. The summed E-state index contributed by atoms with van der Waals surface area (Å²) in [6, 6.07) is 5.01. The predicted molar refractivity (Wildman–Crippen MR) is 50.1 cm³/mol. The van der Waals surface area contributed by atoms with E-state index in [0.29, 0.717) is 0 Å². The van der Waals surface area contributed by atoms with Crippen molar-refractivity contribution in [3.8, 4) is 0 Å². The van der Waals surface area contributed by atoms with Crippen LogP contribution in [0.15, 0.2) is 24.5 Å². The molecule has 0 bridgehead atoms. The van der Waals surface area contributed by atoms with Gasteiger partial charge in [0.15, 0.2) is 0 Å². The zero-order chi connectivity index (χ0) is 8.23. The van der Waals surface area contributed by atoms with Crippen molar-refractivity contribution >= 4 is 0 Å². The summed E-state index contributed by atoms with van der Waals surface area (Å²) < 4.78 is 2.23. The molecule has 0 saturated heterocycles. The van der Waals surface area contributed by atoms with E-state index in [9.17, 15) is 0 Å². The van der Waals surface area contributed by atoms with E-state index < -0.39 is 0 Å². The highest BCUT2D eigenvalue weighted by Gasteiger charge is 2.19. The fourth-order valence-electron chi connectivity index (χ4n) is 1.37. The highest BCUT2D eigenvalue weighted by atomic mass is 15.0. The molecule has 0 amide bonds. The number of nitrogens with one attached hydrogen (secondary N) is 1. The molecule has 0 aromatic carbocycles. The molecular formula is C10H16N2. The van der Waals surface area contributed by atoms with Crippen molar-refractivity contribution < 1.29 is 0 Å². The Kier molecular flexibility index (Phi) is 2.47. The maximum absolute atomic E-state index is 3.51. The summed E-state index contributed by atoms with van der Waals surface area (Å²) >= 11 is 0. The van der Waals surface area contributed by atoms with Crippen LogP contribution in [0.1, 0.15) is 19.3 Å². The van der Waals surface area contributed by atoms with Crippen molar-refractivity contribution in [2.24, 2.45) is 0 Å². The maximum atomic E-state index is 3.51. The van der Waals surface area contributed by atoms with Crippen molar-refractivity contribution in [3.63, 3.8) is 0 Å². The van der Waals surface area contributed by atoms with Crippen molar-refractivity contribution in [2.75, 3.05) is 6.54 Å². The van der Waals surface area contributed by atoms with Gasteiger partial charge in [0.1, 0.15) is 0 Å². The van der Waals surface area contributed by atoms with E-state index in [1.54, 1.807) is 0 Å². The van der Waals surface area contributed by atoms with Gasteiger partial charge in [-0.15, -0.1) is 0 Å². The van der Waals surface area contributed by atoms with Gasteiger partial charge in [0.2, 0.25) is 0 Å². The molecule has 12 heavy (non-hydrogen) atoms. The molecule has 0 spiro atoms. The number of aryl methyl sites for hydroxylation is 1. The van der Waals surface area contributed by atoms with Crippen molar-refractivity contribution in [1.82, 2.24) is 9.88 Å². The molecule has 1 aliphatic rings. The summed E-state index contributed by atoms with van der Waals surface area (Å²) in [4.78, 5) is 0. The lowest BCUT2D eigenvalue weighted by atomic mass is 10.4. The third-order valence-corrected chi connectivity index (χ3v) is 2.27. The first-order valence-electron chi connectivity index (χ1n) is 4.79. The van der Waals surface area contributed by atoms with Crippen LogP contribution in [-0.4, -0.2) is 17.2 Å². The molecule has 1 saturated carbocycles. The highest BCUT2D eigenvalue weighted by molar-refractivity contribution is 4.90. The molecule has 0 unspecified atom stereocenters. The van der Waals surface area contributed by atoms with E-state index in [2.05, 4.69) is 34.4 Å². The van der Waals surface area contributed by atoms with Gasteiger partial charge in [-0.3, -0.25) is 0 Å². The number of rotatable bonds is 5. The second-order valence-corrected chi connectivity index (χ2v) is 3.50. The Bertz CT molecular complexity index is 212. The first-order chi connectivity index (χ1) is 5.95. The molecule has 66 valence electrons. The van der Waals surface area contributed by atoms with Gasteiger partial charge < -0.3 is 9.88 Å². The molecule has 1 aromatic rings. The average Bonchev–Trinajstić information content (AvgIpc) is 2.76. The zero-order valence-electron chi connectivity index (χ0n) is 7.37. The molecule has 1 heterocycles. The lowest BCUT2D eigenvalue weighted by molar-refractivity contribution is 0.580. The zero-order valence-corrected chi connectivity index (χ0v) is 7.37. The van der Waals surface area contributed by atoms with Crippen LogP contribution in [0.25, 0.3) is 0 Å². The minimum Gasteiger partial charge on any atom is -0.354 e. The third-order valence-electron chi connectivity index (χ3n) is 2.27. The Morgan fingerprint density at radius 2 is 2.00 bits per heavy atom. The molecule has 0 aliphatic heterocycles. The van der Waals surface area contributed by atoms with Crippen LogP contribution < -0.4 is 5.32 Å². The van der Waals surface area contributed by atoms with Crippen molar-refractivity contribution in [1.29, 1.82) is 0 Å². The fraction of sp³-hybridized carbons (Fsp3) is 0.600. The van der Waals surface area contributed by atoms with Gasteiger partial charge in [-0.25, -0.2) is 0 Å². The first kappa shape index (κ1) is 7.87. The normalized spacial score (nSPS) is 16.7. The SMILES string of the molecule is c1ccn(CCCNC2CC2)c1. The summed E-state index contributed by atoms with van der Waals surface area (Å²) in [5, 5.41) is 3.51. The van der Waals surface area contributed by atoms with Crippen LogP contribution in [0.3, 0.4) is 0 Å². The van der Waals surface area contributed by atoms with Gasteiger partial charge in [-0.1, -0.05) is 0 Å². The van der Waals surface area contributed by atoms with Crippen LogP contribution >= 0.6 is 0 Å².